The van der Waals surface area contributed by atoms with Crippen LogP contribution in [-0.4, -0.2) is 24.5 Å². The Bertz CT molecular complexity index is 705. The zero-order valence-corrected chi connectivity index (χ0v) is 14.0. The highest BCUT2D eigenvalue weighted by atomic mass is 35.5. The van der Waals surface area contributed by atoms with Crippen molar-refractivity contribution in [3.05, 3.63) is 80.9 Å². The van der Waals surface area contributed by atoms with E-state index in [2.05, 4.69) is 0 Å². The Morgan fingerprint density at radius 2 is 1.92 bits per heavy atom. The molecule has 0 bridgehead atoms. The topological polar surface area (TPSA) is 69.4 Å². The molecule has 2 aromatic carbocycles. The molecule has 24 heavy (non-hydrogen) atoms. The van der Waals surface area contributed by atoms with Crippen LogP contribution >= 0.6 is 11.6 Å². The molecule has 2 aromatic rings. The summed E-state index contributed by atoms with van der Waals surface area (Å²) in [5.41, 5.74) is 1.58. The number of hydrogen-bond donors (Lipinski definition) is 0. The van der Waals surface area contributed by atoms with E-state index in [4.69, 9.17) is 16.3 Å². The zero-order chi connectivity index (χ0) is 17.5. The lowest BCUT2D eigenvalue weighted by Crippen LogP contribution is -2.30. The van der Waals surface area contributed by atoms with E-state index in [9.17, 15) is 14.9 Å². The van der Waals surface area contributed by atoms with Crippen LogP contribution in [0.4, 0.5) is 0 Å². The fourth-order valence-electron chi connectivity index (χ4n) is 2.78. The number of methoxy groups -OCH3 is 1. The molecule has 126 valence electrons. The molecular formula is C18H18ClNO4. The summed E-state index contributed by atoms with van der Waals surface area (Å²) in [6.07, 6.45) is 0.320. The Hall–Kier alpha value is -2.40. The Labute approximate surface area is 145 Å². The highest BCUT2D eigenvalue weighted by Gasteiger charge is 2.34. The molecule has 0 aliphatic rings. The molecule has 0 heterocycles. The third-order valence-corrected chi connectivity index (χ3v) is 4.14. The molecule has 0 radical (unpaired) electrons. The molecule has 0 aromatic heterocycles. The van der Waals surface area contributed by atoms with Gasteiger partial charge in [-0.05, 0) is 29.7 Å². The van der Waals surface area contributed by atoms with Gasteiger partial charge in [-0.15, -0.1) is 0 Å². The van der Waals surface area contributed by atoms with Gasteiger partial charge in [-0.2, -0.15) is 0 Å². The third-order valence-electron chi connectivity index (χ3n) is 3.91. The van der Waals surface area contributed by atoms with Gasteiger partial charge in [-0.25, -0.2) is 0 Å². The maximum atomic E-state index is 12.3. The molecule has 0 unspecified atom stereocenters. The Kier molecular flexibility index (Phi) is 6.32. The van der Waals surface area contributed by atoms with E-state index in [1.165, 1.54) is 7.11 Å². The lowest BCUT2D eigenvalue weighted by molar-refractivity contribution is -0.484. The first-order valence-electron chi connectivity index (χ1n) is 7.50. The molecule has 0 amide bonds. The van der Waals surface area contributed by atoms with Crippen LogP contribution in [0.1, 0.15) is 17.0 Å². The smallest absolute Gasteiger partial charge is 0.309 e. The average molecular weight is 348 g/mol. The number of carbonyl (C=O) groups excluding carboxylic acids is 1. The summed E-state index contributed by atoms with van der Waals surface area (Å²) >= 11 is 6.00. The molecule has 6 heteroatoms. The number of benzene rings is 2. The van der Waals surface area contributed by atoms with Crippen LogP contribution in [0, 0.1) is 16.0 Å². The van der Waals surface area contributed by atoms with Crippen molar-refractivity contribution in [3.63, 3.8) is 0 Å². The van der Waals surface area contributed by atoms with Crippen molar-refractivity contribution >= 4 is 17.6 Å². The second kappa shape index (κ2) is 8.45. The van der Waals surface area contributed by atoms with E-state index in [-0.39, 0.29) is 6.54 Å². The van der Waals surface area contributed by atoms with Crippen LogP contribution in [0.25, 0.3) is 0 Å². The van der Waals surface area contributed by atoms with Gasteiger partial charge >= 0.3 is 5.97 Å². The van der Waals surface area contributed by atoms with Gasteiger partial charge in [0.2, 0.25) is 6.54 Å². The largest absolute Gasteiger partial charge is 0.469 e. The number of esters is 1. The quantitative estimate of drug-likeness (QED) is 0.434. The van der Waals surface area contributed by atoms with Crippen molar-refractivity contribution < 1.29 is 14.5 Å². The van der Waals surface area contributed by atoms with E-state index >= 15 is 0 Å². The molecule has 0 saturated heterocycles. The second-order valence-corrected chi connectivity index (χ2v) is 5.93. The van der Waals surface area contributed by atoms with Gasteiger partial charge in [0.1, 0.15) is 0 Å². The van der Waals surface area contributed by atoms with Crippen LogP contribution < -0.4 is 0 Å². The number of hydrogen-bond acceptors (Lipinski definition) is 4. The summed E-state index contributed by atoms with van der Waals surface area (Å²) in [4.78, 5) is 23.1. The highest BCUT2D eigenvalue weighted by Crippen LogP contribution is 2.30. The standard InChI is InChI=1S/C18H18ClNO4/c1-24-18(21)16(11-13-6-5-9-15(19)10-13)17(12-20(22)23)14-7-3-2-4-8-14/h2-10,16-17H,11-12H2,1H3/t16-,17-/m0/s1. The maximum absolute atomic E-state index is 12.3. The predicted octanol–water partition coefficient (Wildman–Crippen LogP) is 3.73. The Morgan fingerprint density at radius 3 is 2.50 bits per heavy atom. The van der Waals surface area contributed by atoms with Gasteiger partial charge in [0.05, 0.1) is 18.9 Å². The van der Waals surface area contributed by atoms with Gasteiger partial charge in [-0.3, -0.25) is 14.9 Å². The Balaban J connectivity index is 2.38. The highest BCUT2D eigenvalue weighted by molar-refractivity contribution is 6.30. The monoisotopic (exact) mass is 347 g/mol. The second-order valence-electron chi connectivity index (χ2n) is 5.50. The molecule has 2 rings (SSSR count). The van der Waals surface area contributed by atoms with Gasteiger partial charge in [-0.1, -0.05) is 54.1 Å². The number of ether oxygens (including phenoxy) is 1. The molecule has 0 aliphatic carbocycles. The normalized spacial score (nSPS) is 13.1. The van der Waals surface area contributed by atoms with Crippen molar-refractivity contribution in [2.75, 3.05) is 13.7 Å². The fraction of sp³-hybridized carbons (Fsp3) is 0.278. The van der Waals surface area contributed by atoms with Gasteiger partial charge in [0, 0.05) is 9.95 Å². The SMILES string of the molecule is COC(=O)[C@@H](Cc1cccc(Cl)c1)[C@@H](C[N+](=O)[O-])c1ccccc1. The van der Waals surface area contributed by atoms with E-state index in [0.29, 0.717) is 11.4 Å². The third kappa shape index (κ3) is 4.80. The molecule has 0 spiro atoms. The number of rotatable bonds is 7. The van der Waals surface area contributed by atoms with Crippen LogP contribution in [-0.2, 0) is 16.0 Å². The van der Waals surface area contributed by atoms with Gasteiger partial charge in [0.25, 0.3) is 0 Å². The molecule has 0 aliphatic heterocycles. The number of halogens is 1. The summed E-state index contributed by atoms with van der Waals surface area (Å²) in [7, 11) is 1.29. The van der Waals surface area contributed by atoms with E-state index in [1.54, 1.807) is 42.5 Å². The minimum Gasteiger partial charge on any atom is -0.469 e. The first kappa shape index (κ1) is 17.9. The first-order chi connectivity index (χ1) is 11.5. The number of nitrogens with zero attached hydrogens (tertiary/aromatic N) is 1. The van der Waals surface area contributed by atoms with Gasteiger partial charge in [0.15, 0.2) is 0 Å². The van der Waals surface area contributed by atoms with Crippen LogP contribution in [0.15, 0.2) is 54.6 Å². The van der Waals surface area contributed by atoms with Crippen LogP contribution in [0.2, 0.25) is 5.02 Å². The lowest BCUT2D eigenvalue weighted by Gasteiger charge is -2.23. The molecule has 2 atom stereocenters. The fourth-order valence-corrected chi connectivity index (χ4v) is 3.00. The summed E-state index contributed by atoms with van der Waals surface area (Å²) in [6.45, 7) is -0.343. The first-order valence-corrected chi connectivity index (χ1v) is 7.88. The number of carbonyl (C=O) groups is 1. The molecule has 5 nitrogen and oxygen atoms in total. The summed E-state index contributed by atoms with van der Waals surface area (Å²) < 4.78 is 4.90. The number of nitro groups is 1. The average Bonchev–Trinajstić information content (AvgIpc) is 2.58. The molecule has 0 saturated carbocycles. The maximum Gasteiger partial charge on any atom is 0.309 e. The van der Waals surface area contributed by atoms with Crippen molar-refractivity contribution in [1.29, 1.82) is 0 Å². The minimum atomic E-state index is -0.665. The molecular weight excluding hydrogens is 330 g/mol. The van der Waals surface area contributed by atoms with Crippen molar-refractivity contribution in [3.8, 4) is 0 Å². The Morgan fingerprint density at radius 1 is 1.21 bits per heavy atom. The van der Waals surface area contributed by atoms with E-state index in [0.717, 1.165) is 11.1 Å². The van der Waals surface area contributed by atoms with Crippen molar-refractivity contribution in [1.82, 2.24) is 0 Å². The van der Waals surface area contributed by atoms with Gasteiger partial charge < -0.3 is 4.74 Å². The van der Waals surface area contributed by atoms with Crippen molar-refractivity contribution in [2.24, 2.45) is 5.92 Å². The van der Waals surface area contributed by atoms with Crippen molar-refractivity contribution in [2.45, 2.75) is 12.3 Å². The lowest BCUT2D eigenvalue weighted by atomic mass is 9.82. The molecule has 0 N–H and O–H groups in total. The predicted molar refractivity (Wildman–Crippen MR) is 91.7 cm³/mol. The molecule has 0 fully saturated rings. The van der Waals surface area contributed by atoms with Crippen LogP contribution in [0.3, 0.4) is 0 Å². The van der Waals surface area contributed by atoms with E-state index < -0.39 is 22.7 Å². The summed E-state index contributed by atoms with van der Waals surface area (Å²) in [5, 5.41) is 11.7. The van der Waals surface area contributed by atoms with Crippen LogP contribution in [0.5, 0.6) is 0 Å². The minimum absolute atomic E-state index is 0.320. The summed E-state index contributed by atoms with van der Waals surface area (Å²) in [5.74, 6) is -1.71. The van der Waals surface area contributed by atoms with E-state index in [1.807, 2.05) is 12.1 Å². The zero-order valence-electron chi connectivity index (χ0n) is 13.2. The summed E-state index contributed by atoms with van der Waals surface area (Å²) in [6, 6.07) is 16.1.